The summed E-state index contributed by atoms with van der Waals surface area (Å²) in [4.78, 5) is 4.51. The molecule has 0 spiro atoms. The number of ether oxygens (including phenoxy) is 1. The number of rotatable bonds is 8. The number of hydrogen-bond donors (Lipinski definition) is 1. The first-order valence-electron chi connectivity index (χ1n) is 7.96. The maximum absolute atomic E-state index is 6.07. The Labute approximate surface area is 125 Å². The lowest BCUT2D eigenvalue weighted by molar-refractivity contribution is 0.119. The van der Waals surface area contributed by atoms with Gasteiger partial charge in [-0.05, 0) is 31.6 Å². The van der Waals surface area contributed by atoms with Gasteiger partial charge in [0.25, 0.3) is 0 Å². The zero-order valence-corrected chi connectivity index (χ0v) is 13.0. The predicted octanol–water partition coefficient (Wildman–Crippen LogP) is 2.12. The maximum atomic E-state index is 6.07. The predicted molar refractivity (Wildman–Crippen MR) is 83.1 cm³/mol. The van der Waals surface area contributed by atoms with Crippen LogP contribution in [0.4, 0.5) is 5.95 Å². The molecule has 116 valence electrons. The summed E-state index contributed by atoms with van der Waals surface area (Å²) in [7, 11) is 1.96. The van der Waals surface area contributed by atoms with E-state index in [9.17, 15) is 0 Å². The molecule has 1 aliphatic rings. The third-order valence-corrected chi connectivity index (χ3v) is 4.03. The molecule has 2 heterocycles. The first-order valence-corrected chi connectivity index (χ1v) is 7.96. The van der Waals surface area contributed by atoms with Crippen LogP contribution in [0.25, 0.3) is 11.2 Å². The van der Waals surface area contributed by atoms with Gasteiger partial charge in [0.05, 0.1) is 5.69 Å². The van der Waals surface area contributed by atoms with Gasteiger partial charge in [-0.2, -0.15) is 5.10 Å². The minimum Gasteiger partial charge on any atom is -0.381 e. The van der Waals surface area contributed by atoms with Crippen molar-refractivity contribution in [1.82, 2.24) is 19.3 Å². The minimum absolute atomic E-state index is 0.581. The highest BCUT2D eigenvalue weighted by atomic mass is 16.5. The molecule has 1 fully saturated rings. The Balaban J connectivity index is 1.67. The molecule has 6 nitrogen and oxygen atoms in total. The SMILES string of the molecule is CCCc1nn(C)c2c1nc(N)n2CCCOCC1CC1. The van der Waals surface area contributed by atoms with E-state index < -0.39 is 0 Å². The number of aromatic nitrogens is 4. The van der Waals surface area contributed by atoms with Crippen molar-refractivity contribution >= 4 is 17.1 Å². The third kappa shape index (κ3) is 3.05. The number of nitrogen functional groups attached to an aromatic ring is 1. The molecular formula is C15H25N5O. The fourth-order valence-electron chi connectivity index (χ4n) is 2.74. The number of hydrogen-bond acceptors (Lipinski definition) is 4. The van der Waals surface area contributed by atoms with Crippen molar-refractivity contribution in [2.24, 2.45) is 13.0 Å². The highest BCUT2D eigenvalue weighted by Crippen LogP contribution is 2.28. The zero-order valence-electron chi connectivity index (χ0n) is 13.0. The van der Waals surface area contributed by atoms with E-state index in [1.54, 1.807) is 0 Å². The summed E-state index contributed by atoms with van der Waals surface area (Å²) in [5.41, 5.74) is 9.10. The maximum Gasteiger partial charge on any atom is 0.202 e. The number of aryl methyl sites for hydroxylation is 3. The summed E-state index contributed by atoms with van der Waals surface area (Å²) in [5, 5.41) is 4.56. The average Bonchev–Trinajstić information content (AvgIpc) is 3.15. The topological polar surface area (TPSA) is 70.9 Å². The number of imidazole rings is 1. The van der Waals surface area contributed by atoms with Crippen LogP contribution in [0.5, 0.6) is 0 Å². The third-order valence-electron chi connectivity index (χ3n) is 4.03. The molecule has 2 aromatic heterocycles. The number of nitrogens with two attached hydrogens (primary N) is 1. The molecule has 1 aliphatic carbocycles. The van der Waals surface area contributed by atoms with Crippen molar-refractivity contribution in [1.29, 1.82) is 0 Å². The van der Waals surface area contributed by atoms with Crippen LogP contribution in [-0.4, -0.2) is 32.5 Å². The second-order valence-corrected chi connectivity index (χ2v) is 5.99. The molecule has 0 radical (unpaired) electrons. The Morgan fingerprint density at radius 1 is 1.38 bits per heavy atom. The normalized spacial score (nSPS) is 15.1. The number of anilines is 1. The second kappa shape index (κ2) is 6.05. The molecule has 21 heavy (non-hydrogen) atoms. The molecule has 0 aliphatic heterocycles. The zero-order chi connectivity index (χ0) is 14.8. The lowest BCUT2D eigenvalue weighted by Gasteiger charge is -2.07. The van der Waals surface area contributed by atoms with Crippen LogP contribution >= 0.6 is 0 Å². The first kappa shape index (κ1) is 14.4. The first-order chi connectivity index (χ1) is 10.2. The Morgan fingerprint density at radius 2 is 2.19 bits per heavy atom. The van der Waals surface area contributed by atoms with E-state index in [2.05, 4.69) is 21.6 Å². The highest BCUT2D eigenvalue weighted by molar-refractivity contribution is 5.77. The quantitative estimate of drug-likeness (QED) is 0.756. The van der Waals surface area contributed by atoms with E-state index in [1.807, 2.05) is 11.7 Å². The standard InChI is InChI=1S/C15H25N5O/c1-3-5-12-13-14(19(2)18-12)20(15(16)17-13)8-4-9-21-10-11-6-7-11/h11H,3-10H2,1-2H3,(H2,16,17). The summed E-state index contributed by atoms with van der Waals surface area (Å²) in [6, 6.07) is 0. The van der Waals surface area contributed by atoms with Crippen molar-refractivity contribution in [2.75, 3.05) is 18.9 Å². The molecule has 3 rings (SSSR count). The number of fused-ring (bicyclic) bond motifs is 1. The van der Waals surface area contributed by atoms with Crippen molar-refractivity contribution in [3.8, 4) is 0 Å². The molecular weight excluding hydrogens is 266 g/mol. The van der Waals surface area contributed by atoms with Gasteiger partial charge < -0.3 is 10.5 Å². The van der Waals surface area contributed by atoms with E-state index >= 15 is 0 Å². The van der Waals surface area contributed by atoms with Gasteiger partial charge in [0.15, 0.2) is 5.65 Å². The van der Waals surface area contributed by atoms with Gasteiger partial charge in [-0.25, -0.2) is 4.98 Å². The van der Waals surface area contributed by atoms with E-state index in [0.717, 1.165) is 61.8 Å². The van der Waals surface area contributed by atoms with E-state index in [1.165, 1.54) is 12.8 Å². The van der Waals surface area contributed by atoms with Crippen LogP contribution in [0.15, 0.2) is 0 Å². The van der Waals surface area contributed by atoms with E-state index in [0.29, 0.717) is 5.95 Å². The summed E-state index contributed by atoms with van der Waals surface area (Å²) in [6.45, 7) is 4.69. The van der Waals surface area contributed by atoms with E-state index in [-0.39, 0.29) is 0 Å². The highest BCUT2D eigenvalue weighted by Gasteiger charge is 2.21. The van der Waals surface area contributed by atoms with Crippen molar-refractivity contribution in [2.45, 2.75) is 45.6 Å². The van der Waals surface area contributed by atoms with Crippen LogP contribution < -0.4 is 5.73 Å². The van der Waals surface area contributed by atoms with Gasteiger partial charge in [-0.15, -0.1) is 0 Å². The van der Waals surface area contributed by atoms with Gasteiger partial charge >= 0.3 is 0 Å². The monoisotopic (exact) mass is 291 g/mol. The van der Waals surface area contributed by atoms with Gasteiger partial charge in [-0.3, -0.25) is 9.25 Å². The lowest BCUT2D eigenvalue weighted by Crippen LogP contribution is -2.09. The van der Waals surface area contributed by atoms with Crippen molar-refractivity contribution in [3.63, 3.8) is 0 Å². The van der Waals surface area contributed by atoms with Gasteiger partial charge in [-0.1, -0.05) is 13.3 Å². The lowest BCUT2D eigenvalue weighted by atomic mass is 10.2. The largest absolute Gasteiger partial charge is 0.381 e. The van der Waals surface area contributed by atoms with Gasteiger partial charge in [0.1, 0.15) is 5.52 Å². The smallest absolute Gasteiger partial charge is 0.202 e. The van der Waals surface area contributed by atoms with Crippen LogP contribution in [0.1, 0.15) is 38.3 Å². The summed E-state index contributed by atoms with van der Waals surface area (Å²) >= 11 is 0. The number of nitrogens with zero attached hydrogens (tertiary/aromatic N) is 4. The Kier molecular flexibility index (Phi) is 4.14. The molecule has 0 bridgehead atoms. The molecule has 2 aromatic rings. The fraction of sp³-hybridized carbons (Fsp3) is 0.733. The van der Waals surface area contributed by atoms with Crippen molar-refractivity contribution < 1.29 is 4.74 Å². The summed E-state index contributed by atoms with van der Waals surface area (Å²) in [6.07, 6.45) is 5.64. The molecule has 0 saturated heterocycles. The molecule has 1 saturated carbocycles. The Bertz CT molecular complexity index is 611. The molecule has 6 heteroatoms. The molecule has 0 atom stereocenters. The molecule has 0 aromatic carbocycles. The molecule has 0 unspecified atom stereocenters. The second-order valence-electron chi connectivity index (χ2n) is 5.99. The molecule has 0 amide bonds. The van der Waals surface area contributed by atoms with E-state index in [4.69, 9.17) is 10.5 Å². The fourth-order valence-corrected chi connectivity index (χ4v) is 2.74. The molecule has 2 N–H and O–H groups in total. The average molecular weight is 291 g/mol. The van der Waals surface area contributed by atoms with Crippen molar-refractivity contribution in [3.05, 3.63) is 5.69 Å². The van der Waals surface area contributed by atoms with Crippen LogP contribution in [-0.2, 0) is 24.8 Å². The summed E-state index contributed by atoms with van der Waals surface area (Å²) in [5.74, 6) is 1.40. The Hall–Kier alpha value is -1.56. The van der Waals surface area contributed by atoms with Crippen LogP contribution in [0.3, 0.4) is 0 Å². The summed E-state index contributed by atoms with van der Waals surface area (Å²) < 4.78 is 9.64. The minimum atomic E-state index is 0.581. The Morgan fingerprint density at radius 3 is 2.90 bits per heavy atom. The van der Waals surface area contributed by atoms with Gasteiger partial charge in [0.2, 0.25) is 5.95 Å². The van der Waals surface area contributed by atoms with Crippen LogP contribution in [0.2, 0.25) is 0 Å². The van der Waals surface area contributed by atoms with Crippen LogP contribution in [0, 0.1) is 5.92 Å². The van der Waals surface area contributed by atoms with Gasteiger partial charge in [0, 0.05) is 26.8 Å².